The molecule has 0 radical (unpaired) electrons. The quantitative estimate of drug-likeness (QED) is 0.154. The Morgan fingerprint density at radius 3 is 2.38 bits per heavy atom. The Hall–Kier alpha value is -5.55. The Morgan fingerprint density at radius 1 is 1.00 bits per heavy atom. The number of para-hydroxylation sites is 1. The van der Waals surface area contributed by atoms with Crippen molar-refractivity contribution >= 4 is 51.0 Å². The largest absolute Gasteiger partial charge is 0.417 e. The highest BCUT2D eigenvalue weighted by Gasteiger charge is 2.34. The summed E-state index contributed by atoms with van der Waals surface area (Å²) < 4.78 is 44.2. The number of anilines is 2. The monoisotopic (exact) mass is 829 g/mol. The predicted molar refractivity (Wildman–Crippen MR) is 220 cm³/mol. The summed E-state index contributed by atoms with van der Waals surface area (Å²) in [5, 5.41) is 21.8. The maximum absolute atomic E-state index is 13.5. The Bertz CT molecular complexity index is 2500. The van der Waals surface area contributed by atoms with Crippen LogP contribution in [0.2, 0.25) is 0 Å². The first-order valence-electron chi connectivity index (χ1n) is 20.6. The molecule has 17 heteroatoms. The smallest absolute Gasteiger partial charge is 0.386 e. The number of imide groups is 1. The summed E-state index contributed by atoms with van der Waals surface area (Å²) in [4.78, 5) is 59.6. The molecule has 3 N–H and O–H groups in total. The van der Waals surface area contributed by atoms with Crippen LogP contribution >= 0.6 is 0 Å². The molecule has 0 spiro atoms. The topological polar surface area (TPSA) is 160 Å². The molecule has 1 aliphatic carbocycles. The number of aromatic nitrogens is 5. The lowest BCUT2D eigenvalue weighted by atomic mass is 9.85. The number of amides is 3. The summed E-state index contributed by atoms with van der Waals surface area (Å²) >= 11 is 0. The number of carbonyl (C=O) groups excluding carboxylic acids is 3. The van der Waals surface area contributed by atoms with Gasteiger partial charge in [-0.2, -0.15) is 18.3 Å². The second kappa shape index (κ2) is 15.8. The molecule has 8 rings (SSSR count). The first-order valence-corrected chi connectivity index (χ1v) is 20.6. The van der Waals surface area contributed by atoms with Crippen molar-refractivity contribution in [2.75, 3.05) is 36.9 Å². The van der Waals surface area contributed by atoms with Gasteiger partial charge in [0.15, 0.2) is 0 Å². The molecule has 14 nitrogen and oxygen atoms in total. The first-order chi connectivity index (χ1) is 28.5. The number of hydrogen-bond acceptors (Lipinski definition) is 9. The maximum atomic E-state index is 13.5. The summed E-state index contributed by atoms with van der Waals surface area (Å²) in [5.74, 6) is -0.920. The van der Waals surface area contributed by atoms with E-state index in [1.165, 1.54) is 4.57 Å². The lowest BCUT2D eigenvalue weighted by Gasteiger charge is -2.40. The zero-order valence-corrected chi connectivity index (χ0v) is 34.1. The number of carbonyl (C=O) groups is 3. The number of aliphatic hydroxyl groups is 1. The molecule has 5 heterocycles. The van der Waals surface area contributed by atoms with Crippen LogP contribution < -0.4 is 21.2 Å². The minimum atomic E-state index is -4.57. The molecular formula is C43H50F3N9O5. The van der Waals surface area contributed by atoms with E-state index in [9.17, 15) is 37.5 Å². The molecule has 3 amide bonds. The number of halogens is 3. The van der Waals surface area contributed by atoms with Gasteiger partial charge in [-0.1, -0.05) is 6.07 Å². The van der Waals surface area contributed by atoms with Gasteiger partial charge in [0.2, 0.25) is 11.8 Å². The molecule has 2 aromatic carbocycles. The van der Waals surface area contributed by atoms with Crippen LogP contribution in [-0.2, 0) is 28.4 Å². The Morgan fingerprint density at radius 2 is 1.73 bits per heavy atom. The van der Waals surface area contributed by atoms with E-state index in [4.69, 9.17) is 5.10 Å². The normalized spacial score (nSPS) is 20.9. The molecule has 5 aromatic rings. The summed E-state index contributed by atoms with van der Waals surface area (Å²) in [6, 6.07) is 11.0. The van der Waals surface area contributed by atoms with Crippen LogP contribution in [0.25, 0.3) is 21.9 Å². The average molecular weight is 830 g/mol. The third-order valence-corrected chi connectivity index (χ3v) is 12.7. The fourth-order valence-electron chi connectivity index (χ4n) is 9.37. The third-order valence-electron chi connectivity index (χ3n) is 12.7. The van der Waals surface area contributed by atoms with Gasteiger partial charge >= 0.3 is 11.9 Å². The third kappa shape index (κ3) is 8.04. The number of fused-ring (bicyclic) bond motifs is 2. The van der Waals surface area contributed by atoms with E-state index in [1.807, 2.05) is 29.1 Å². The van der Waals surface area contributed by atoms with Crippen molar-refractivity contribution in [1.82, 2.24) is 34.1 Å². The fraction of sp³-hybridized carbons (Fsp3) is 0.488. The lowest BCUT2D eigenvalue weighted by Crippen LogP contribution is -2.45. The molecule has 2 saturated heterocycles. The van der Waals surface area contributed by atoms with Crippen molar-refractivity contribution in [3.63, 3.8) is 0 Å². The van der Waals surface area contributed by atoms with Crippen LogP contribution in [0.1, 0.15) is 98.9 Å². The van der Waals surface area contributed by atoms with Crippen LogP contribution in [0.4, 0.5) is 24.5 Å². The molecule has 1 saturated carbocycles. The maximum Gasteiger partial charge on any atom is 0.417 e. The molecular weight excluding hydrogens is 780 g/mol. The highest BCUT2D eigenvalue weighted by Crippen LogP contribution is 2.37. The zero-order chi connectivity index (χ0) is 42.7. The average Bonchev–Trinajstić information content (AvgIpc) is 3.74. The lowest BCUT2D eigenvalue weighted by molar-refractivity contribution is -0.138. The number of nitrogens with one attached hydrogen (secondary N) is 2. The van der Waals surface area contributed by atoms with Crippen molar-refractivity contribution in [2.45, 2.75) is 95.1 Å². The summed E-state index contributed by atoms with van der Waals surface area (Å²) in [6.45, 7) is 5.84. The summed E-state index contributed by atoms with van der Waals surface area (Å²) in [6.07, 6.45) is 4.42. The predicted octanol–water partition coefficient (Wildman–Crippen LogP) is 5.89. The van der Waals surface area contributed by atoms with Crippen molar-refractivity contribution in [2.24, 2.45) is 13.0 Å². The number of benzene rings is 2. The van der Waals surface area contributed by atoms with Crippen molar-refractivity contribution in [3.8, 4) is 0 Å². The van der Waals surface area contributed by atoms with Crippen molar-refractivity contribution in [3.05, 3.63) is 82.2 Å². The van der Waals surface area contributed by atoms with Crippen LogP contribution in [-0.4, -0.2) is 84.4 Å². The molecule has 2 aliphatic heterocycles. The number of nitrogens with zero attached hydrogens (tertiary/aromatic N) is 7. The minimum absolute atomic E-state index is 0.184. The van der Waals surface area contributed by atoms with E-state index in [1.54, 1.807) is 37.6 Å². The van der Waals surface area contributed by atoms with Gasteiger partial charge in [0.1, 0.15) is 11.7 Å². The number of imidazole rings is 1. The van der Waals surface area contributed by atoms with Gasteiger partial charge in [-0.05, 0) is 108 Å². The van der Waals surface area contributed by atoms with Gasteiger partial charge in [-0.15, -0.1) is 0 Å². The number of hydrogen-bond donors (Lipinski definition) is 3. The molecule has 3 aliphatic rings. The van der Waals surface area contributed by atoms with Crippen LogP contribution in [0.5, 0.6) is 0 Å². The number of pyridine rings is 1. The van der Waals surface area contributed by atoms with E-state index < -0.39 is 35.2 Å². The molecule has 0 bridgehead atoms. The Kier molecular flexibility index (Phi) is 10.9. The zero-order valence-electron chi connectivity index (χ0n) is 34.1. The second-order valence-electron chi connectivity index (χ2n) is 17.2. The number of aryl methyl sites for hydroxylation is 1. The van der Waals surface area contributed by atoms with E-state index >= 15 is 0 Å². The fourth-order valence-corrected chi connectivity index (χ4v) is 9.37. The highest BCUT2D eigenvalue weighted by atomic mass is 19.4. The summed E-state index contributed by atoms with van der Waals surface area (Å²) in [5.41, 5.74) is 1.10. The van der Waals surface area contributed by atoms with Crippen LogP contribution in [0.15, 0.2) is 59.7 Å². The van der Waals surface area contributed by atoms with Gasteiger partial charge in [0.25, 0.3) is 5.91 Å². The Labute approximate surface area is 344 Å². The first kappa shape index (κ1) is 41.2. The molecule has 3 aromatic heterocycles. The molecule has 3 fully saturated rings. The van der Waals surface area contributed by atoms with Gasteiger partial charge in [-0.3, -0.25) is 38.5 Å². The number of rotatable bonds is 9. The summed E-state index contributed by atoms with van der Waals surface area (Å²) in [7, 11) is 3.95. The molecule has 1 atom stereocenters. The van der Waals surface area contributed by atoms with E-state index in [-0.39, 0.29) is 29.8 Å². The molecule has 318 valence electrons. The SMILES string of the molecule is CN(CC1CCC(n2cc3cc(NC(=O)c4ccc(C(F)(F)F)cn4)c(C(C)(C)O)cc3n2)CC1)C1CCN(c2cccc3c2n(C)c(=O)n3C2CCC(=O)NC2=O)CC1. The van der Waals surface area contributed by atoms with Crippen LogP contribution in [0, 0.1) is 5.92 Å². The van der Waals surface area contributed by atoms with E-state index in [2.05, 4.69) is 32.5 Å². The van der Waals surface area contributed by atoms with Crippen molar-refractivity contribution < 1.29 is 32.7 Å². The van der Waals surface area contributed by atoms with Crippen LogP contribution in [0.3, 0.4) is 0 Å². The van der Waals surface area contributed by atoms with Gasteiger partial charge in [-0.25, -0.2) is 4.79 Å². The molecule has 60 heavy (non-hydrogen) atoms. The minimum Gasteiger partial charge on any atom is -0.386 e. The highest BCUT2D eigenvalue weighted by molar-refractivity contribution is 6.04. The van der Waals surface area contributed by atoms with Gasteiger partial charge in [0.05, 0.1) is 39.4 Å². The van der Waals surface area contributed by atoms with Gasteiger partial charge < -0.3 is 20.2 Å². The number of piperidine rings is 2. The van der Waals surface area contributed by atoms with E-state index in [0.29, 0.717) is 46.9 Å². The standard InChI is InChI=1S/C43H50F3N9O5/c1-42(2,60)30-21-32-26(20-33(30)48-39(57)31-13-10-27(22-47-31)43(44,45)46)24-54(50-32)29-11-8-25(9-12-29)23-51(3)28-16-18-53(19-17-28)34-6-5-7-35-38(34)52(4)41(59)55(35)36-14-15-37(56)49-40(36)58/h5-7,10,13,20-22,24-25,28-29,36,60H,8-9,11-12,14-19,23H2,1-4H3,(H,48,57)(H,49,56,58). The number of alkyl halides is 3. The van der Waals surface area contributed by atoms with E-state index in [0.717, 1.165) is 86.9 Å². The molecule has 1 unspecified atom stereocenters. The second-order valence-corrected chi connectivity index (χ2v) is 17.2. The Balaban J connectivity index is 0.879. The van der Waals surface area contributed by atoms with Gasteiger partial charge in [0, 0.05) is 68.2 Å². The van der Waals surface area contributed by atoms with Crippen molar-refractivity contribution in [1.29, 1.82) is 0 Å².